The first-order valence-corrected chi connectivity index (χ1v) is 8.48. The molecule has 2 unspecified atom stereocenters. The van der Waals surface area contributed by atoms with Gasteiger partial charge in [-0.15, -0.1) is 0 Å². The molecular formula is C19H23FN2O2. The summed E-state index contributed by atoms with van der Waals surface area (Å²) in [6, 6.07) is 10.1. The number of benzene rings is 1. The van der Waals surface area contributed by atoms with E-state index < -0.39 is 11.6 Å². The van der Waals surface area contributed by atoms with Crippen LogP contribution in [-0.2, 0) is 9.59 Å². The third-order valence-electron chi connectivity index (χ3n) is 5.07. The van der Waals surface area contributed by atoms with Gasteiger partial charge in [-0.1, -0.05) is 36.9 Å². The smallest absolute Gasteiger partial charge is 0.262 e. The van der Waals surface area contributed by atoms with Crippen LogP contribution in [-0.4, -0.2) is 53.5 Å². The molecule has 0 radical (unpaired) electrons. The minimum atomic E-state index is -1.96. The first-order chi connectivity index (χ1) is 11.5. The van der Waals surface area contributed by atoms with Crippen molar-refractivity contribution in [2.45, 2.75) is 30.8 Å². The van der Waals surface area contributed by atoms with Crippen LogP contribution in [0, 0.1) is 0 Å². The number of likely N-dealkylation sites (tertiary alicyclic amines) is 2. The Bertz CT molecular complexity index is 634. The number of nitrogens with zero attached hydrogens (tertiary/aromatic N) is 2. The van der Waals surface area contributed by atoms with E-state index in [1.165, 1.54) is 16.5 Å². The number of hydrogen-bond donors (Lipinski definition) is 0. The molecule has 3 rings (SSSR count). The van der Waals surface area contributed by atoms with Gasteiger partial charge in [0.1, 0.15) is 0 Å². The van der Waals surface area contributed by atoms with Crippen molar-refractivity contribution in [2.75, 3.05) is 26.2 Å². The average molecular weight is 330 g/mol. The number of piperidine rings is 1. The summed E-state index contributed by atoms with van der Waals surface area (Å²) < 4.78 is 15.1. The number of alkyl halides is 1. The largest absolute Gasteiger partial charge is 0.339 e. The van der Waals surface area contributed by atoms with Gasteiger partial charge in [-0.25, -0.2) is 4.39 Å². The Hall–Kier alpha value is -2.17. The summed E-state index contributed by atoms with van der Waals surface area (Å²) in [5, 5.41) is 0. The lowest BCUT2D eigenvalue weighted by Crippen LogP contribution is -2.51. The van der Waals surface area contributed by atoms with Crippen LogP contribution in [0.5, 0.6) is 0 Å². The van der Waals surface area contributed by atoms with E-state index in [1.807, 2.05) is 18.2 Å². The second-order valence-electron chi connectivity index (χ2n) is 6.68. The molecule has 2 amide bonds. The average Bonchev–Trinajstić information content (AvgIpc) is 3.05. The highest BCUT2D eigenvalue weighted by atomic mass is 19.1. The van der Waals surface area contributed by atoms with Crippen molar-refractivity contribution in [3.8, 4) is 0 Å². The fourth-order valence-electron chi connectivity index (χ4n) is 3.71. The minimum Gasteiger partial charge on any atom is -0.339 e. The van der Waals surface area contributed by atoms with Crippen LogP contribution in [0.25, 0.3) is 0 Å². The molecule has 0 bridgehead atoms. The van der Waals surface area contributed by atoms with Crippen molar-refractivity contribution >= 4 is 11.8 Å². The highest BCUT2D eigenvalue weighted by molar-refractivity contribution is 5.91. The zero-order chi connectivity index (χ0) is 17.2. The lowest BCUT2D eigenvalue weighted by atomic mass is 9.89. The predicted octanol–water partition coefficient (Wildman–Crippen LogP) is 2.52. The summed E-state index contributed by atoms with van der Waals surface area (Å²) in [6.45, 7) is 4.66. The van der Waals surface area contributed by atoms with Crippen LogP contribution in [0.15, 0.2) is 43.0 Å². The number of halogens is 1. The van der Waals surface area contributed by atoms with E-state index in [2.05, 4.69) is 18.7 Å². The van der Waals surface area contributed by atoms with E-state index in [0.29, 0.717) is 13.1 Å². The highest BCUT2D eigenvalue weighted by Gasteiger charge is 2.48. The minimum absolute atomic E-state index is 0.0674. The van der Waals surface area contributed by atoms with Gasteiger partial charge in [0.05, 0.1) is 6.54 Å². The Kier molecular flexibility index (Phi) is 4.69. The molecule has 2 aliphatic heterocycles. The van der Waals surface area contributed by atoms with Gasteiger partial charge < -0.3 is 9.80 Å². The summed E-state index contributed by atoms with van der Waals surface area (Å²) in [5.74, 6) is -0.537. The third-order valence-corrected chi connectivity index (χ3v) is 5.07. The number of rotatable bonds is 3. The summed E-state index contributed by atoms with van der Waals surface area (Å²) >= 11 is 0. The molecule has 2 heterocycles. The van der Waals surface area contributed by atoms with Crippen molar-refractivity contribution in [3.63, 3.8) is 0 Å². The Morgan fingerprint density at radius 1 is 1.21 bits per heavy atom. The normalized spacial score (nSPS) is 27.1. The maximum Gasteiger partial charge on any atom is 0.262 e. The van der Waals surface area contributed by atoms with Gasteiger partial charge in [0.25, 0.3) is 5.91 Å². The lowest BCUT2D eigenvalue weighted by molar-refractivity contribution is -0.144. The molecule has 2 fully saturated rings. The molecule has 0 aromatic heterocycles. The molecule has 0 N–H and O–H groups in total. The van der Waals surface area contributed by atoms with Gasteiger partial charge in [-0.05, 0) is 24.5 Å². The van der Waals surface area contributed by atoms with Crippen LogP contribution < -0.4 is 0 Å². The van der Waals surface area contributed by atoms with E-state index in [4.69, 9.17) is 0 Å². The number of amides is 2. The van der Waals surface area contributed by atoms with Gasteiger partial charge in [0.15, 0.2) is 0 Å². The Balaban J connectivity index is 1.68. The molecule has 5 heteroatoms. The Morgan fingerprint density at radius 2 is 1.96 bits per heavy atom. The van der Waals surface area contributed by atoms with Crippen LogP contribution in [0.3, 0.4) is 0 Å². The second-order valence-corrected chi connectivity index (χ2v) is 6.68. The highest BCUT2D eigenvalue weighted by Crippen LogP contribution is 2.32. The predicted molar refractivity (Wildman–Crippen MR) is 90.2 cm³/mol. The summed E-state index contributed by atoms with van der Waals surface area (Å²) in [6.07, 6.45) is 3.12. The third kappa shape index (κ3) is 3.21. The molecule has 0 aliphatic carbocycles. The maximum absolute atomic E-state index is 15.1. The van der Waals surface area contributed by atoms with E-state index in [9.17, 15) is 9.59 Å². The van der Waals surface area contributed by atoms with Gasteiger partial charge in [-0.3, -0.25) is 9.59 Å². The topological polar surface area (TPSA) is 40.6 Å². The fraction of sp³-hybridized carbons (Fsp3) is 0.474. The monoisotopic (exact) mass is 330 g/mol. The van der Waals surface area contributed by atoms with Crippen molar-refractivity contribution in [3.05, 3.63) is 48.6 Å². The van der Waals surface area contributed by atoms with Crippen molar-refractivity contribution in [1.29, 1.82) is 0 Å². The van der Waals surface area contributed by atoms with E-state index in [-0.39, 0.29) is 31.3 Å². The fourth-order valence-corrected chi connectivity index (χ4v) is 3.71. The Morgan fingerprint density at radius 3 is 2.67 bits per heavy atom. The van der Waals surface area contributed by atoms with E-state index in [0.717, 1.165) is 12.8 Å². The van der Waals surface area contributed by atoms with Crippen molar-refractivity contribution in [2.24, 2.45) is 0 Å². The van der Waals surface area contributed by atoms with E-state index >= 15 is 4.39 Å². The van der Waals surface area contributed by atoms with Gasteiger partial charge in [-0.2, -0.15) is 0 Å². The number of carbonyl (C=O) groups is 2. The van der Waals surface area contributed by atoms with Crippen molar-refractivity contribution in [1.82, 2.24) is 9.80 Å². The molecule has 1 aromatic carbocycles. The zero-order valence-electron chi connectivity index (χ0n) is 13.8. The first-order valence-electron chi connectivity index (χ1n) is 8.48. The number of hydrogen-bond acceptors (Lipinski definition) is 2. The van der Waals surface area contributed by atoms with Crippen LogP contribution in [0.1, 0.15) is 30.7 Å². The van der Waals surface area contributed by atoms with Gasteiger partial charge in [0.2, 0.25) is 11.6 Å². The molecule has 0 saturated carbocycles. The molecule has 24 heavy (non-hydrogen) atoms. The van der Waals surface area contributed by atoms with E-state index in [1.54, 1.807) is 4.90 Å². The first kappa shape index (κ1) is 16.7. The standard InChI is InChI=1S/C19H23FN2O2/c1-2-17(23)22-12-10-19(20,14-22)18(24)21-11-6-9-16(13-21)15-7-4-3-5-8-15/h2-5,7-8,16H,1,6,9-14H2. The molecule has 2 aliphatic rings. The molecular weight excluding hydrogens is 307 g/mol. The number of carbonyl (C=O) groups excluding carboxylic acids is 2. The molecule has 1 aromatic rings. The van der Waals surface area contributed by atoms with Crippen molar-refractivity contribution < 1.29 is 14.0 Å². The SMILES string of the molecule is C=CC(=O)N1CCC(F)(C(=O)N2CCCC(c3ccccc3)C2)C1. The molecule has 0 spiro atoms. The van der Waals surface area contributed by atoms with Crippen LogP contribution >= 0.6 is 0 Å². The molecule has 2 saturated heterocycles. The summed E-state index contributed by atoms with van der Waals surface area (Å²) in [4.78, 5) is 27.4. The van der Waals surface area contributed by atoms with Crippen LogP contribution in [0.4, 0.5) is 4.39 Å². The summed E-state index contributed by atoms with van der Waals surface area (Å²) in [7, 11) is 0. The van der Waals surface area contributed by atoms with Crippen LogP contribution in [0.2, 0.25) is 0 Å². The molecule has 2 atom stereocenters. The van der Waals surface area contributed by atoms with Gasteiger partial charge >= 0.3 is 0 Å². The van der Waals surface area contributed by atoms with Gasteiger partial charge in [0, 0.05) is 32.0 Å². The summed E-state index contributed by atoms with van der Waals surface area (Å²) in [5.41, 5.74) is -0.769. The zero-order valence-corrected chi connectivity index (χ0v) is 13.8. The Labute approximate surface area is 141 Å². The lowest BCUT2D eigenvalue weighted by Gasteiger charge is -2.36. The second kappa shape index (κ2) is 6.75. The quantitative estimate of drug-likeness (QED) is 0.799. The molecule has 128 valence electrons. The maximum atomic E-state index is 15.1. The molecule has 4 nitrogen and oxygen atoms in total.